The van der Waals surface area contributed by atoms with Crippen LogP contribution in [0, 0.1) is 5.41 Å². The summed E-state index contributed by atoms with van der Waals surface area (Å²) in [6.07, 6.45) is 3.39. The second-order valence-electron chi connectivity index (χ2n) is 7.11. The molecule has 3 nitrogen and oxygen atoms in total. The molecule has 2 aliphatic carbocycles. The first kappa shape index (κ1) is 13.6. The molecular formula is C14H24FNO2. The van der Waals surface area contributed by atoms with Crippen molar-refractivity contribution in [2.45, 2.75) is 77.1 Å². The van der Waals surface area contributed by atoms with E-state index in [4.69, 9.17) is 4.74 Å². The van der Waals surface area contributed by atoms with Crippen molar-refractivity contribution in [1.29, 1.82) is 0 Å². The Bertz CT molecular complexity index is 334. The van der Waals surface area contributed by atoms with E-state index in [1.807, 2.05) is 27.7 Å². The number of carbonyl (C=O) groups excluding carboxylic acids is 1. The highest BCUT2D eigenvalue weighted by Gasteiger charge is 2.60. The molecule has 2 saturated carbocycles. The van der Waals surface area contributed by atoms with Crippen molar-refractivity contribution in [3.05, 3.63) is 0 Å². The van der Waals surface area contributed by atoms with Gasteiger partial charge in [-0.05, 0) is 58.3 Å². The highest BCUT2D eigenvalue weighted by Crippen LogP contribution is 2.62. The molecular weight excluding hydrogens is 233 g/mol. The quantitative estimate of drug-likeness (QED) is 0.821. The van der Waals surface area contributed by atoms with Crippen molar-refractivity contribution in [2.75, 3.05) is 0 Å². The van der Waals surface area contributed by atoms with Gasteiger partial charge in [-0.3, -0.25) is 0 Å². The average molecular weight is 257 g/mol. The number of nitrogens with one attached hydrogen (secondary N) is 1. The third kappa shape index (κ3) is 2.78. The van der Waals surface area contributed by atoms with Gasteiger partial charge in [0.2, 0.25) is 0 Å². The lowest BCUT2D eigenvalue weighted by Crippen LogP contribution is -2.61. The second-order valence-corrected chi connectivity index (χ2v) is 7.11. The number of alkyl halides is 1. The van der Waals surface area contributed by atoms with Gasteiger partial charge in [-0.2, -0.15) is 0 Å². The first-order chi connectivity index (χ1) is 8.15. The molecule has 2 aliphatic rings. The lowest BCUT2D eigenvalue weighted by Gasteiger charge is -2.60. The van der Waals surface area contributed by atoms with Crippen molar-refractivity contribution < 1.29 is 13.9 Å². The SMILES string of the molecule is CCC1(F)CC2(CC(NC(=O)OC(C)(C)C)C2)C1. The molecule has 104 valence electrons. The molecule has 0 radical (unpaired) electrons. The van der Waals surface area contributed by atoms with Crippen LogP contribution >= 0.6 is 0 Å². The summed E-state index contributed by atoms with van der Waals surface area (Å²) in [4.78, 5) is 11.6. The molecule has 0 aromatic heterocycles. The van der Waals surface area contributed by atoms with E-state index < -0.39 is 11.3 Å². The monoisotopic (exact) mass is 257 g/mol. The van der Waals surface area contributed by atoms with Gasteiger partial charge in [0, 0.05) is 6.04 Å². The average Bonchev–Trinajstić information content (AvgIpc) is 2.08. The maximum Gasteiger partial charge on any atom is 0.407 e. The molecule has 18 heavy (non-hydrogen) atoms. The summed E-state index contributed by atoms with van der Waals surface area (Å²) in [6.45, 7) is 7.44. The van der Waals surface area contributed by atoms with Gasteiger partial charge in [0.25, 0.3) is 0 Å². The highest BCUT2D eigenvalue weighted by molar-refractivity contribution is 5.68. The molecule has 2 fully saturated rings. The maximum absolute atomic E-state index is 13.9. The minimum atomic E-state index is -0.934. The summed E-state index contributed by atoms with van der Waals surface area (Å²) in [7, 11) is 0. The van der Waals surface area contributed by atoms with Gasteiger partial charge in [-0.15, -0.1) is 0 Å². The smallest absolute Gasteiger partial charge is 0.407 e. The van der Waals surface area contributed by atoms with Crippen LogP contribution in [0.2, 0.25) is 0 Å². The molecule has 0 bridgehead atoms. The molecule has 0 aromatic carbocycles. The fourth-order valence-electron chi connectivity index (χ4n) is 3.39. The van der Waals surface area contributed by atoms with Crippen LogP contribution in [0.15, 0.2) is 0 Å². The number of amides is 1. The fraction of sp³-hybridized carbons (Fsp3) is 0.929. The van der Waals surface area contributed by atoms with Gasteiger partial charge in [0.05, 0.1) is 0 Å². The summed E-state index contributed by atoms with van der Waals surface area (Å²) in [6, 6.07) is 0.168. The van der Waals surface area contributed by atoms with E-state index in [1.54, 1.807) is 0 Å². The summed E-state index contributed by atoms with van der Waals surface area (Å²) in [5.74, 6) is 0. The zero-order chi connectivity index (χ0) is 13.6. The molecule has 1 N–H and O–H groups in total. The Morgan fingerprint density at radius 3 is 2.39 bits per heavy atom. The number of hydrogen-bond acceptors (Lipinski definition) is 2. The lowest BCUT2D eigenvalue weighted by atomic mass is 9.48. The van der Waals surface area contributed by atoms with Crippen LogP contribution in [0.4, 0.5) is 9.18 Å². The van der Waals surface area contributed by atoms with E-state index in [1.165, 1.54) is 0 Å². The van der Waals surface area contributed by atoms with E-state index in [-0.39, 0.29) is 17.6 Å². The second kappa shape index (κ2) is 4.10. The first-order valence-corrected chi connectivity index (χ1v) is 6.84. The van der Waals surface area contributed by atoms with Crippen molar-refractivity contribution in [3.63, 3.8) is 0 Å². The van der Waals surface area contributed by atoms with Crippen molar-refractivity contribution in [2.24, 2.45) is 5.41 Å². The molecule has 0 aromatic rings. The van der Waals surface area contributed by atoms with Crippen LogP contribution < -0.4 is 5.32 Å². The Balaban J connectivity index is 1.70. The fourth-order valence-corrected chi connectivity index (χ4v) is 3.39. The van der Waals surface area contributed by atoms with Crippen LogP contribution in [0.5, 0.6) is 0 Å². The predicted octanol–water partition coefficient (Wildman–Crippen LogP) is 3.57. The largest absolute Gasteiger partial charge is 0.444 e. The van der Waals surface area contributed by atoms with E-state index >= 15 is 0 Å². The number of carbonyl (C=O) groups is 1. The maximum atomic E-state index is 13.9. The molecule has 1 amide bonds. The minimum absolute atomic E-state index is 0.168. The number of rotatable bonds is 2. The zero-order valence-corrected chi connectivity index (χ0v) is 11.8. The molecule has 0 heterocycles. The molecule has 0 aliphatic heterocycles. The van der Waals surface area contributed by atoms with Gasteiger partial charge < -0.3 is 10.1 Å². The standard InChI is InChI=1S/C14H24FNO2/c1-5-14(15)8-13(9-14)6-10(7-13)16-11(17)18-12(2,3)4/h10H,5-9H2,1-4H3,(H,16,17). The number of ether oxygens (including phenoxy) is 1. The summed E-state index contributed by atoms with van der Waals surface area (Å²) >= 11 is 0. The molecule has 2 rings (SSSR count). The Hall–Kier alpha value is -0.800. The van der Waals surface area contributed by atoms with E-state index in [0.29, 0.717) is 19.3 Å². The lowest BCUT2D eigenvalue weighted by molar-refractivity contribution is -0.128. The van der Waals surface area contributed by atoms with Crippen LogP contribution in [0.25, 0.3) is 0 Å². The van der Waals surface area contributed by atoms with Crippen LogP contribution in [0.1, 0.15) is 59.8 Å². The van der Waals surface area contributed by atoms with Gasteiger partial charge >= 0.3 is 6.09 Å². The third-order valence-corrected chi connectivity index (χ3v) is 4.10. The number of halogens is 1. The van der Waals surface area contributed by atoms with Gasteiger partial charge in [-0.1, -0.05) is 6.92 Å². The van der Waals surface area contributed by atoms with Crippen molar-refractivity contribution >= 4 is 6.09 Å². The van der Waals surface area contributed by atoms with Crippen LogP contribution in [0.3, 0.4) is 0 Å². The number of hydrogen-bond donors (Lipinski definition) is 1. The van der Waals surface area contributed by atoms with E-state index in [9.17, 15) is 9.18 Å². The molecule has 0 saturated heterocycles. The third-order valence-electron chi connectivity index (χ3n) is 4.10. The first-order valence-electron chi connectivity index (χ1n) is 6.84. The van der Waals surface area contributed by atoms with E-state index in [2.05, 4.69) is 5.32 Å². The Labute approximate surface area is 108 Å². The van der Waals surface area contributed by atoms with Gasteiger partial charge in [0.1, 0.15) is 11.3 Å². The minimum Gasteiger partial charge on any atom is -0.444 e. The summed E-state index contributed by atoms with van der Waals surface area (Å²) in [5, 5.41) is 2.86. The molecule has 1 spiro atoms. The molecule has 4 heteroatoms. The topological polar surface area (TPSA) is 38.3 Å². The Morgan fingerprint density at radius 2 is 1.94 bits per heavy atom. The normalized spacial score (nSPS) is 38.8. The van der Waals surface area contributed by atoms with Crippen LogP contribution in [-0.4, -0.2) is 23.4 Å². The van der Waals surface area contributed by atoms with Crippen LogP contribution in [-0.2, 0) is 4.74 Å². The number of alkyl carbamates (subject to hydrolysis) is 1. The van der Waals surface area contributed by atoms with Gasteiger partial charge in [0.15, 0.2) is 0 Å². The Kier molecular flexibility index (Phi) is 3.11. The summed E-state index contributed by atoms with van der Waals surface area (Å²) < 4.78 is 19.1. The summed E-state index contributed by atoms with van der Waals surface area (Å²) in [5.41, 5.74) is -1.22. The van der Waals surface area contributed by atoms with Crippen molar-refractivity contribution in [1.82, 2.24) is 5.32 Å². The molecule has 0 atom stereocenters. The predicted molar refractivity (Wildman–Crippen MR) is 68.2 cm³/mol. The van der Waals surface area contributed by atoms with Gasteiger partial charge in [-0.25, -0.2) is 9.18 Å². The zero-order valence-electron chi connectivity index (χ0n) is 11.8. The molecule has 0 unspecified atom stereocenters. The van der Waals surface area contributed by atoms with E-state index in [0.717, 1.165) is 12.8 Å². The van der Waals surface area contributed by atoms with Crippen molar-refractivity contribution in [3.8, 4) is 0 Å². The Morgan fingerprint density at radius 1 is 1.39 bits per heavy atom. The highest BCUT2D eigenvalue weighted by atomic mass is 19.1.